The molecule has 1 N–H and O–H groups in total. The van der Waals surface area contributed by atoms with Crippen molar-refractivity contribution in [3.05, 3.63) is 39.7 Å². The Morgan fingerprint density at radius 2 is 2.32 bits per heavy atom. The first-order valence-corrected chi connectivity index (χ1v) is 6.48. The van der Waals surface area contributed by atoms with Gasteiger partial charge in [-0.2, -0.15) is 0 Å². The number of nitro benzene ring substituents is 1. The number of halogens is 1. The number of nitro groups is 1. The lowest BCUT2D eigenvalue weighted by molar-refractivity contribution is -0.385. The maximum Gasteiger partial charge on any atom is 0.272 e. The molecule has 0 aliphatic carbocycles. The third kappa shape index (κ3) is 3.48. The maximum absolute atomic E-state index is 13.4. The monoisotopic (exact) mass is 267 g/mol. The number of likely N-dealkylation sites (N-methyl/N-ethyl adjacent to an activating group) is 1. The number of hydrogen-bond donors (Lipinski definition) is 1. The molecule has 0 amide bonds. The highest BCUT2D eigenvalue weighted by Crippen LogP contribution is 2.19. The predicted molar refractivity (Wildman–Crippen MR) is 70.4 cm³/mol. The van der Waals surface area contributed by atoms with E-state index in [1.165, 1.54) is 12.1 Å². The van der Waals surface area contributed by atoms with E-state index in [9.17, 15) is 14.5 Å². The standard InChI is InChI=1S/C13H18FN3O2/c1-2-16(12-3-4-15-8-12)9-10-5-11(14)7-13(6-10)17(18)19/h5-7,12,15H,2-4,8-9H2,1H3. The molecule has 1 saturated heterocycles. The Morgan fingerprint density at radius 3 is 2.89 bits per heavy atom. The Bertz CT molecular complexity index is 461. The Kier molecular flexibility index (Phi) is 4.44. The molecule has 5 nitrogen and oxygen atoms in total. The van der Waals surface area contributed by atoms with Gasteiger partial charge < -0.3 is 5.32 Å². The van der Waals surface area contributed by atoms with Crippen LogP contribution in [0.2, 0.25) is 0 Å². The number of benzene rings is 1. The van der Waals surface area contributed by atoms with Gasteiger partial charge in [-0.25, -0.2) is 4.39 Å². The van der Waals surface area contributed by atoms with E-state index in [-0.39, 0.29) is 5.69 Å². The summed E-state index contributed by atoms with van der Waals surface area (Å²) < 4.78 is 13.4. The number of nitrogens with zero attached hydrogens (tertiary/aromatic N) is 2. The van der Waals surface area contributed by atoms with Gasteiger partial charge in [-0.1, -0.05) is 6.92 Å². The molecular formula is C13H18FN3O2. The molecule has 1 aliphatic rings. The van der Waals surface area contributed by atoms with Gasteiger partial charge >= 0.3 is 0 Å². The number of nitrogens with one attached hydrogen (secondary N) is 1. The molecule has 0 saturated carbocycles. The largest absolute Gasteiger partial charge is 0.315 e. The number of rotatable bonds is 5. The summed E-state index contributed by atoms with van der Waals surface area (Å²) in [4.78, 5) is 12.4. The van der Waals surface area contributed by atoms with Gasteiger partial charge in [-0.15, -0.1) is 0 Å². The molecule has 6 heteroatoms. The van der Waals surface area contributed by atoms with Crippen LogP contribution in [0.4, 0.5) is 10.1 Å². The zero-order valence-corrected chi connectivity index (χ0v) is 10.9. The first-order valence-electron chi connectivity index (χ1n) is 6.48. The summed E-state index contributed by atoms with van der Waals surface area (Å²) in [5.41, 5.74) is 0.469. The zero-order chi connectivity index (χ0) is 13.8. The minimum atomic E-state index is -0.556. The Morgan fingerprint density at radius 1 is 1.53 bits per heavy atom. The summed E-state index contributed by atoms with van der Waals surface area (Å²) in [6.07, 6.45) is 1.06. The Hall–Kier alpha value is -1.53. The molecule has 0 aromatic heterocycles. The molecule has 0 spiro atoms. The lowest BCUT2D eigenvalue weighted by atomic mass is 10.1. The first kappa shape index (κ1) is 13.9. The molecule has 1 aromatic carbocycles. The molecule has 1 unspecified atom stereocenters. The van der Waals surface area contributed by atoms with Crippen molar-refractivity contribution in [3.8, 4) is 0 Å². The van der Waals surface area contributed by atoms with Crippen LogP contribution >= 0.6 is 0 Å². The smallest absolute Gasteiger partial charge is 0.272 e. The Labute approximate surface area is 111 Å². The van der Waals surface area contributed by atoms with Gasteiger partial charge in [0, 0.05) is 25.2 Å². The van der Waals surface area contributed by atoms with Crippen molar-refractivity contribution < 1.29 is 9.31 Å². The molecule has 0 radical (unpaired) electrons. The van der Waals surface area contributed by atoms with Crippen LogP contribution in [-0.2, 0) is 6.54 Å². The first-order chi connectivity index (χ1) is 9.10. The zero-order valence-electron chi connectivity index (χ0n) is 10.9. The number of non-ortho nitro benzene ring substituents is 1. The van der Waals surface area contributed by atoms with Crippen molar-refractivity contribution in [2.24, 2.45) is 0 Å². The van der Waals surface area contributed by atoms with E-state index in [0.717, 1.165) is 32.1 Å². The fourth-order valence-electron chi connectivity index (χ4n) is 2.51. The second kappa shape index (κ2) is 6.08. The average molecular weight is 267 g/mol. The summed E-state index contributed by atoms with van der Waals surface area (Å²) in [7, 11) is 0. The molecule has 2 rings (SSSR count). The minimum Gasteiger partial charge on any atom is -0.315 e. The van der Waals surface area contributed by atoms with Crippen LogP contribution in [0.5, 0.6) is 0 Å². The molecule has 19 heavy (non-hydrogen) atoms. The van der Waals surface area contributed by atoms with E-state index in [1.54, 1.807) is 0 Å². The third-order valence-corrected chi connectivity index (χ3v) is 3.50. The third-order valence-electron chi connectivity index (χ3n) is 3.50. The highest BCUT2D eigenvalue weighted by Gasteiger charge is 2.21. The molecular weight excluding hydrogens is 249 g/mol. The van der Waals surface area contributed by atoms with Gasteiger partial charge in [0.2, 0.25) is 0 Å². The topological polar surface area (TPSA) is 58.4 Å². The lowest BCUT2D eigenvalue weighted by Gasteiger charge is -2.26. The molecule has 1 aliphatic heterocycles. The van der Waals surface area contributed by atoms with Crippen molar-refractivity contribution in [1.82, 2.24) is 10.2 Å². The van der Waals surface area contributed by atoms with Gasteiger partial charge in [-0.05, 0) is 31.1 Å². The highest BCUT2D eigenvalue weighted by atomic mass is 19.1. The average Bonchev–Trinajstić information content (AvgIpc) is 2.89. The van der Waals surface area contributed by atoms with E-state index < -0.39 is 10.7 Å². The van der Waals surface area contributed by atoms with Crippen molar-refractivity contribution in [1.29, 1.82) is 0 Å². The molecule has 1 fully saturated rings. The second-order valence-electron chi connectivity index (χ2n) is 4.78. The van der Waals surface area contributed by atoms with E-state index in [2.05, 4.69) is 10.2 Å². The van der Waals surface area contributed by atoms with Crippen LogP contribution in [0.3, 0.4) is 0 Å². The van der Waals surface area contributed by atoms with E-state index in [4.69, 9.17) is 0 Å². The van der Waals surface area contributed by atoms with Crippen LogP contribution in [0.1, 0.15) is 18.9 Å². The van der Waals surface area contributed by atoms with Crippen LogP contribution in [-0.4, -0.2) is 35.5 Å². The normalized spacial score (nSPS) is 19.0. The molecule has 1 heterocycles. The summed E-state index contributed by atoms with van der Waals surface area (Å²) in [6.45, 7) is 5.35. The lowest BCUT2D eigenvalue weighted by Crippen LogP contribution is -2.36. The van der Waals surface area contributed by atoms with Crippen LogP contribution in [0.15, 0.2) is 18.2 Å². The van der Waals surface area contributed by atoms with Crippen LogP contribution < -0.4 is 5.32 Å². The number of hydrogen-bond acceptors (Lipinski definition) is 4. The predicted octanol–water partition coefficient (Wildman–Crippen LogP) is 1.92. The summed E-state index contributed by atoms with van der Waals surface area (Å²) >= 11 is 0. The molecule has 1 atom stereocenters. The van der Waals surface area contributed by atoms with Crippen LogP contribution in [0.25, 0.3) is 0 Å². The van der Waals surface area contributed by atoms with Gasteiger partial charge in [0.1, 0.15) is 5.82 Å². The van der Waals surface area contributed by atoms with E-state index in [1.807, 2.05) is 6.92 Å². The quantitative estimate of drug-likeness (QED) is 0.654. The van der Waals surface area contributed by atoms with Crippen molar-refractivity contribution in [2.75, 3.05) is 19.6 Å². The SMILES string of the molecule is CCN(Cc1cc(F)cc([N+](=O)[O-])c1)C1CCNC1. The van der Waals surface area contributed by atoms with Crippen molar-refractivity contribution >= 4 is 5.69 Å². The van der Waals surface area contributed by atoms with Crippen molar-refractivity contribution in [3.63, 3.8) is 0 Å². The minimum absolute atomic E-state index is 0.185. The van der Waals surface area contributed by atoms with Crippen molar-refractivity contribution in [2.45, 2.75) is 25.9 Å². The fraction of sp³-hybridized carbons (Fsp3) is 0.538. The van der Waals surface area contributed by atoms with Gasteiger partial charge in [-0.3, -0.25) is 15.0 Å². The molecule has 0 bridgehead atoms. The summed E-state index contributed by atoms with van der Waals surface area (Å²) in [6, 6.07) is 4.20. The van der Waals surface area contributed by atoms with Gasteiger partial charge in [0.05, 0.1) is 11.0 Å². The van der Waals surface area contributed by atoms with Crippen LogP contribution in [0, 0.1) is 15.9 Å². The summed E-state index contributed by atoms with van der Waals surface area (Å²) in [5, 5.41) is 14.0. The Balaban J connectivity index is 2.14. The highest BCUT2D eigenvalue weighted by molar-refractivity contribution is 5.35. The van der Waals surface area contributed by atoms with Gasteiger partial charge in [0.15, 0.2) is 0 Å². The second-order valence-corrected chi connectivity index (χ2v) is 4.78. The molecule has 104 valence electrons. The van der Waals surface area contributed by atoms with Gasteiger partial charge in [0.25, 0.3) is 5.69 Å². The maximum atomic E-state index is 13.4. The fourth-order valence-corrected chi connectivity index (χ4v) is 2.51. The molecule has 1 aromatic rings. The van der Waals surface area contributed by atoms with E-state index >= 15 is 0 Å². The van der Waals surface area contributed by atoms with E-state index in [0.29, 0.717) is 18.2 Å². The summed E-state index contributed by atoms with van der Waals surface area (Å²) in [5.74, 6) is -0.551.